The number of carbonyl (C=O) groups is 1. The van der Waals surface area contributed by atoms with Gasteiger partial charge in [0.1, 0.15) is 0 Å². The molecule has 1 rings (SSSR count). The van der Waals surface area contributed by atoms with Gasteiger partial charge in [0.25, 0.3) is 0 Å². The van der Waals surface area contributed by atoms with E-state index in [9.17, 15) is 4.79 Å². The molecular weight excluding hydrogens is 222 g/mol. The summed E-state index contributed by atoms with van der Waals surface area (Å²) in [6.45, 7) is 0.607. The second-order valence-corrected chi connectivity index (χ2v) is 4.78. The van der Waals surface area contributed by atoms with Crippen LogP contribution in [-0.4, -0.2) is 18.3 Å². The van der Waals surface area contributed by atoms with Crippen LogP contribution in [-0.2, 0) is 4.79 Å². The lowest BCUT2D eigenvalue weighted by Crippen LogP contribution is -2.24. The van der Waals surface area contributed by atoms with Crippen LogP contribution >= 0.6 is 11.6 Å². The number of amides is 1. The second-order valence-electron chi connectivity index (χ2n) is 4.47. The van der Waals surface area contributed by atoms with Crippen molar-refractivity contribution in [2.45, 2.75) is 44.9 Å². The molecule has 1 fully saturated rings. The van der Waals surface area contributed by atoms with Gasteiger partial charge in [0.15, 0.2) is 0 Å². The number of hydrogen-bond donors (Lipinski definition) is 1. The summed E-state index contributed by atoms with van der Waals surface area (Å²) in [5.41, 5.74) is 0. The first-order valence-corrected chi connectivity index (χ1v) is 6.84. The smallest absolute Gasteiger partial charge is 0.220 e. The summed E-state index contributed by atoms with van der Waals surface area (Å²) >= 11 is 5.48. The van der Waals surface area contributed by atoms with Gasteiger partial charge in [-0.15, -0.1) is 11.6 Å². The normalized spacial score (nSPS) is 17.8. The summed E-state index contributed by atoms with van der Waals surface area (Å²) in [6.07, 6.45) is 12.2. The maximum atomic E-state index is 11.5. The molecule has 0 aromatic carbocycles. The van der Waals surface area contributed by atoms with Crippen LogP contribution in [0.25, 0.3) is 0 Å². The summed E-state index contributed by atoms with van der Waals surface area (Å²) in [5, 5.41) is 2.87. The molecule has 3 heteroatoms. The van der Waals surface area contributed by atoms with Crippen molar-refractivity contribution in [2.24, 2.45) is 5.92 Å². The Morgan fingerprint density at radius 3 is 2.69 bits per heavy atom. The monoisotopic (exact) mass is 243 g/mol. The van der Waals surface area contributed by atoms with Gasteiger partial charge in [-0.1, -0.05) is 44.3 Å². The number of nitrogens with one attached hydrogen (secondary N) is 1. The maximum Gasteiger partial charge on any atom is 0.220 e. The highest BCUT2D eigenvalue weighted by atomic mass is 35.5. The Balaban J connectivity index is 2.02. The van der Waals surface area contributed by atoms with Crippen LogP contribution in [0, 0.1) is 5.92 Å². The number of alkyl halides is 1. The van der Waals surface area contributed by atoms with Gasteiger partial charge in [-0.05, 0) is 12.3 Å². The third-order valence-corrected chi connectivity index (χ3v) is 3.36. The van der Waals surface area contributed by atoms with Crippen molar-refractivity contribution in [3.05, 3.63) is 12.2 Å². The topological polar surface area (TPSA) is 29.1 Å². The van der Waals surface area contributed by atoms with E-state index >= 15 is 0 Å². The lowest BCUT2D eigenvalue weighted by molar-refractivity contribution is -0.121. The molecule has 1 aliphatic rings. The van der Waals surface area contributed by atoms with Crippen LogP contribution < -0.4 is 5.32 Å². The molecule has 1 N–H and O–H groups in total. The quantitative estimate of drug-likeness (QED) is 0.563. The van der Waals surface area contributed by atoms with Crippen LogP contribution in [0.5, 0.6) is 0 Å². The highest BCUT2D eigenvalue weighted by molar-refractivity contribution is 6.18. The van der Waals surface area contributed by atoms with E-state index in [1.807, 2.05) is 12.2 Å². The zero-order valence-electron chi connectivity index (χ0n) is 9.88. The van der Waals surface area contributed by atoms with Crippen molar-refractivity contribution < 1.29 is 4.79 Å². The zero-order valence-corrected chi connectivity index (χ0v) is 10.6. The molecule has 0 unspecified atom stereocenters. The molecule has 0 atom stereocenters. The predicted octanol–water partition coefficient (Wildman–Crippen LogP) is 3.26. The fourth-order valence-corrected chi connectivity index (χ4v) is 2.34. The fourth-order valence-electron chi connectivity index (χ4n) is 2.22. The number of halogens is 1. The summed E-state index contributed by atoms with van der Waals surface area (Å²) < 4.78 is 0. The molecule has 16 heavy (non-hydrogen) atoms. The molecule has 2 nitrogen and oxygen atoms in total. The van der Waals surface area contributed by atoms with Crippen LogP contribution in [0.3, 0.4) is 0 Å². The molecule has 0 radical (unpaired) electrons. The van der Waals surface area contributed by atoms with Crippen molar-refractivity contribution in [1.29, 1.82) is 0 Å². The van der Waals surface area contributed by atoms with Crippen molar-refractivity contribution in [3.8, 4) is 0 Å². The molecular formula is C13H22ClNO. The van der Waals surface area contributed by atoms with E-state index in [2.05, 4.69) is 5.32 Å². The number of carbonyl (C=O) groups excluding carboxylic acids is 1. The highest BCUT2D eigenvalue weighted by Gasteiger charge is 2.14. The van der Waals surface area contributed by atoms with E-state index < -0.39 is 0 Å². The van der Waals surface area contributed by atoms with Crippen molar-refractivity contribution in [3.63, 3.8) is 0 Å². The van der Waals surface area contributed by atoms with Crippen LogP contribution in [0.2, 0.25) is 0 Å². The van der Waals surface area contributed by atoms with Crippen molar-refractivity contribution >= 4 is 17.5 Å². The van der Waals surface area contributed by atoms with Gasteiger partial charge in [0.05, 0.1) is 0 Å². The van der Waals surface area contributed by atoms with Gasteiger partial charge < -0.3 is 5.32 Å². The van der Waals surface area contributed by atoms with E-state index in [1.54, 1.807) is 0 Å². The number of hydrogen-bond acceptors (Lipinski definition) is 1. The van der Waals surface area contributed by atoms with Crippen LogP contribution in [0.15, 0.2) is 12.2 Å². The van der Waals surface area contributed by atoms with Crippen molar-refractivity contribution in [2.75, 3.05) is 12.4 Å². The molecule has 1 amide bonds. The Hall–Kier alpha value is -0.500. The van der Waals surface area contributed by atoms with E-state index in [0.717, 1.165) is 12.3 Å². The van der Waals surface area contributed by atoms with Crippen LogP contribution in [0.1, 0.15) is 44.9 Å². The molecule has 0 heterocycles. The van der Waals surface area contributed by atoms with Gasteiger partial charge in [-0.25, -0.2) is 0 Å². The summed E-state index contributed by atoms with van der Waals surface area (Å²) in [7, 11) is 0. The first-order valence-electron chi connectivity index (χ1n) is 6.30. The number of allylic oxidation sites excluding steroid dienone is 1. The average molecular weight is 244 g/mol. The highest BCUT2D eigenvalue weighted by Crippen LogP contribution is 2.27. The molecule has 0 aromatic heterocycles. The summed E-state index contributed by atoms with van der Waals surface area (Å²) in [6, 6.07) is 0. The SMILES string of the molecule is O=C(CCC1CCCCC1)NC/C=C/CCl. The van der Waals surface area contributed by atoms with Gasteiger partial charge >= 0.3 is 0 Å². The Bertz CT molecular complexity index is 222. The van der Waals surface area contributed by atoms with Gasteiger partial charge in [-0.3, -0.25) is 4.79 Å². The third-order valence-electron chi connectivity index (χ3n) is 3.18. The molecule has 0 aliphatic heterocycles. The first-order chi connectivity index (χ1) is 7.83. The largest absolute Gasteiger partial charge is 0.353 e. The number of rotatable bonds is 6. The fraction of sp³-hybridized carbons (Fsp3) is 0.769. The molecule has 0 spiro atoms. The maximum absolute atomic E-state index is 11.5. The molecule has 1 saturated carbocycles. The Labute approximate surface area is 103 Å². The summed E-state index contributed by atoms with van der Waals surface area (Å²) in [5.74, 6) is 1.47. The second kappa shape index (κ2) is 8.63. The Morgan fingerprint density at radius 2 is 2.00 bits per heavy atom. The standard InChI is InChI=1S/C13H22ClNO/c14-10-4-5-11-15-13(16)9-8-12-6-2-1-3-7-12/h4-5,12H,1-3,6-11H2,(H,15,16)/b5-4+. The first kappa shape index (κ1) is 13.6. The van der Waals surface area contributed by atoms with Crippen molar-refractivity contribution in [1.82, 2.24) is 5.32 Å². The lowest BCUT2D eigenvalue weighted by atomic mass is 9.86. The minimum atomic E-state index is 0.171. The lowest BCUT2D eigenvalue weighted by Gasteiger charge is -2.20. The van der Waals surface area contributed by atoms with E-state index in [1.165, 1.54) is 32.1 Å². The Morgan fingerprint density at radius 1 is 1.25 bits per heavy atom. The molecule has 0 saturated heterocycles. The van der Waals surface area contributed by atoms with E-state index in [-0.39, 0.29) is 5.91 Å². The molecule has 0 aromatic rings. The Kier molecular flexibility index (Phi) is 7.32. The zero-order chi connectivity index (χ0) is 11.6. The molecule has 92 valence electrons. The minimum Gasteiger partial charge on any atom is -0.353 e. The summed E-state index contributed by atoms with van der Waals surface area (Å²) in [4.78, 5) is 11.5. The van der Waals surface area contributed by atoms with Gasteiger partial charge in [0, 0.05) is 18.8 Å². The van der Waals surface area contributed by atoms with E-state index in [4.69, 9.17) is 11.6 Å². The third kappa shape index (κ3) is 6.16. The molecule has 0 bridgehead atoms. The van der Waals surface area contributed by atoms with Crippen LogP contribution in [0.4, 0.5) is 0 Å². The average Bonchev–Trinajstić information content (AvgIpc) is 2.33. The van der Waals surface area contributed by atoms with E-state index in [0.29, 0.717) is 18.8 Å². The van der Waals surface area contributed by atoms with Gasteiger partial charge in [0.2, 0.25) is 5.91 Å². The predicted molar refractivity (Wildman–Crippen MR) is 68.7 cm³/mol. The molecule has 1 aliphatic carbocycles. The minimum absolute atomic E-state index is 0.171. The van der Waals surface area contributed by atoms with Gasteiger partial charge in [-0.2, -0.15) is 0 Å².